The summed E-state index contributed by atoms with van der Waals surface area (Å²) in [5.41, 5.74) is -1.59. The van der Waals surface area contributed by atoms with Crippen molar-refractivity contribution in [2.24, 2.45) is 0 Å². The van der Waals surface area contributed by atoms with Crippen LogP contribution < -0.4 is 21.3 Å². The lowest BCUT2D eigenvalue weighted by Gasteiger charge is -2.32. The molecule has 0 bridgehead atoms. The number of non-ortho nitro benzene ring substituents is 1. The van der Waals surface area contributed by atoms with E-state index in [9.17, 15) is 34.1 Å². The maximum atomic E-state index is 12.5. The monoisotopic (exact) mass is 433 g/mol. The van der Waals surface area contributed by atoms with Gasteiger partial charge in [-0.15, -0.1) is 0 Å². The minimum atomic E-state index is -1.76. The van der Waals surface area contributed by atoms with Gasteiger partial charge in [-0.05, 0) is 32.9 Å². The molecule has 1 aromatic carbocycles. The Kier molecular flexibility index (Phi) is 7.05. The number of nitro benzene ring substituents is 1. The molecule has 1 aliphatic rings. The van der Waals surface area contributed by atoms with Crippen LogP contribution in [0.25, 0.3) is 0 Å². The van der Waals surface area contributed by atoms with Gasteiger partial charge in [-0.3, -0.25) is 34.1 Å². The third-order valence-corrected chi connectivity index (χ3v) is 4.82. The second-order valence-corrected chi connectivity index (χ2v) is 7.32. The van der Waals surface area contributed by atoms with Crippen LogP contribution in [0.15, 0.2) is 24.3 Å². The third kappa shape index (κ3) is 5.62. The molecule has 12 nitrogen and oxygen atoms in total. The van der Waals surface area contributed by atoms with Crippen LogP contribution in [0.4, 0.5) is 11.4 Å². The maximum absolute atomic E-state index is 12.5. The minimum Gasteiger partial charge on any atom is -0.343 e. The summed E-state index contributed by atoms with van der Waals surface area (Å²) in [6, 6.07) is 3.07. The average molecular weight is 433 g/mol. The number of hydrogen-bond acceptors (Lipinski definition) is 7. The van der Waals surface area contributed by atoms with Crippen LogP contribution in [0.5, 0.6) is 0 Å². The molecule has 0 saturated carbocycles. The third-order valence-electron chi connectivity index (χ3n) is 4.82. The number of hydrogen-bond donors (Lipinski definition) is 4. The molecule has 1 heterocycles. The average Bonchev–Trinajstić information content (AvgIpc) is 2.71. The van der Waals surface area contributed by atoms with Gasteiger partial charge in [-0.1, -0.05) is 0 Å². The van der Waals surface area contributed by atoms with E-state index < -0.39 is 52.0 Å². The normalized spacial score (nSPS) is 20.1. The van der Waals surface area contributed by atoms with Crippen LogP contribution in [0.3, 0.4) is 0 Å². The van der Waals surface area contributed by atoms with Crippen molar-refractivity contribution in [1.82, 2.24) is 16.0 Å². The lowest BCUT2D eigenvalue weighted by atomic mass is 9.88. The lowest BCUT2D eigenvalue weighted by Crippen LogP contribution is -2.66. The summed E-state index contributed by atoms with van der Waals surface area (Å²) >= 11 is 0. The summed E-state index contributed by atoms with van der Waals surface area (Å²) in [6.07, 6.45) is -0.0741. The number of Topliss-reactive ketones (excluding diaryl/α,β-unsaturated/α-hetero) is 1. The van der Waals surface area contributed by atoms with Crippen LogP contribution in [0.1, 0.15) is 33.6 Å². The van der Waals surface area contributed by atoms with Crippen molar-refractivity contribution in [1.29, 1.82) is 0 Å². The SMILES string of the molecule is C[C@H](NC(=O)[C@H](C)NC(=O)[C@]1(C)NC(=O)CCC1=O)C(=O)Nc1ccc([N+](=O)[O-])cc1. The summed E-state index contributed by atoms with van der Waals surface area (Å²) in [6.45, 7) is 4.05. The predicted octanol–water partition coefficient (Wildman–Crippen LogP) is -0.219. The molecule has 166 valence electrons. The molecule has 31 heavy (non-hydrogen) atoms. The fourth-order valence-corrected chi connectivity index (χ4v) is 2.80. The molecule has 2 rings (SSSR count). The minimum absolute atomic E-state index is 0.000863. The van der Waals surface area contributed by atoms with Crippen LogP contribution in [0, 0.1) is 10.1 Å². The van der Waals surface area contributed by atoms with E-state index in [0.29, 0.717) is 5.69 Å². The number of anilines is 1. The van der Waals surface area contributed by atoms with Gasteiger partial charge in [-0.25, -0.2) is 0 Å². The standard InChI is InChI=1S/C19H23N5O7/c1-10(17(28)22-12-4-6-13(7-5-12)24(30)31)20-16(27)11(2)21-18(29)19(3)14(25)8-9-15(26)23-19/h4-7,10-11H,8-9H2,1-3H3,(H,20,27)(H,21,29)(H,22,28)(H,23,26)/t10-,11-,19+/m0/s1. The summed E-state index contributed by atoms with van der Waals surface area (Å²) in [7, 11) is 0. The number of carbonyl (C=O) groups is 5. The zero-order valence-electron chi connectivity index (χ0n) is 17.2. The van der Waals surface area contributed by atoms with E-state index in [1.807, 2.05) is 0 Å². The topological polar surface area (TPSA) is 177 Å². The molecule has 0 spiro atoms. The smallest absolute Gasteiger partial charge is 0.269 e. The van der Waals surface area contributed by atoms with Crippen molar-refractivity contribution in [2.45, 2.75) is 51.2 Å². The molecule has 4 amide bonds. The number of nitrogens with one attached hydrogen (secondary N) is 4. The fourth-order valence-electron chi connectivity index (χ4n) is 2.80. The Morgan fingerprint density at radius 3 is 2.19 bits per heavy atom. The molecule has 12 heteroatoms. The maximum Gasteiger partial charge on any atom is 0.269 e. The first-order valence-electron chi connectivity index (χ1n) is 9.45. The summed E-state index contributed by atoms with van der Waals surface area (Å²) < 4.78 is 0. The molecule has 4 N–H and O–H groups in total. The van der Waals surface area contributed by atoms with E-state index in [2.05, 4.69) is 21.3 Å². The second kappa shape index (κ2) is 9.32. The van der Waals surface area contributed by atoms with E-state index in [0.717, 1.165) is 0 Å². The molecule has 1 aliphatic heterocycles. The number of carbonyl (C=O) groups excluding carboxylic acids is 5. The highest BCUT2D eigenvalue weighted by molar-refractivity contribution is 6.15. The predicted molar refractivity (Wildman–Crippen MR) is 108 cm³/mol. The van der Waals surface area contributed by atoms with Crippen molar-refractivity contribution in [3.8, 4) is 0 Å². The fraction of sp³-hybridized carbons (Fsp3) is 0.421. The van der Waals surface area contributed by atoms with Gasteiger partial charge in [0.1, 0.15) is 12.1 Å². The lowest BCUT2D eigenvalue weighted by molar-refractivity contribution is -0.384. The number of ketones is 1. The van der Waals surface area contributed by atoms with Gasteiger partial charge in [0.25, 0.3) is 11.6 Å². The summed E-state index contributed by atoms with van der Waals surface area (Å²) in [4.78, 5) is 70.8. The highest BCUT2D eigenvalue weighted by Crippen LogP contribution is 2.17. The quantitative estimate of drug-likeness (QED) is 0.261. The molecule has 1 saturated heterocycles. The highest BCUT2D eigenvalue weighted by Gasteiger charge is 2.45. The van der Waals surface area contributed by atoms with Gasteiger partial charge in [0.2, 0.25) is 17.7 Å². The number of benzene rings is 1. The van der Waals surface area contributed by atoms with Crippen LogP contribution in [-0.2, 0) is 24.0 Å². The molecule has 0 unspecified atom stereocenters. The van der Waals surface area contributed by atoms with E-state index in [-0.39, 0.29) is 18.5 Å². The first-order valence-corrected chi connectivity index (χ1v) is 9.45. The van der Waals surface area contributed by atoms with Crippen molar-refractivity contribution >= 4 is 40.8 Å². The number of amides is 4. The van der Waals surface area contributed by atoms with Crippen molar-refractivity contribution in [3.05, 3.63) is 34.4 Å². The Bertz CT molecular complexity index is 930. The number of nitrogens with zero attached hydrogens (tertiary/aromatic N) is 1. The van der Waals surface area contributed by atoms with Crippen molar-refractivity contribution < 1.29 is 28.9 Å². The van der Waals surface area contributed by atoms with Gasteiger partial charge in [0, 0.05) is 30.7 Å². The first-order chi connectivity index (χ1) is 14.4. The molecule has 1 aromatic rings. The van der Waals surface area contributed by atoms with Crippen molar-refractivity contribution in [2.75, 3.05) is 5.32 Å². The molecule has 1 fully saturated rings. The van der Waals surface area contributed by atoms with Crippen LogP contribution in [0.2, 0.25) is 0 Å². The van der Waals surface area contributed by atoms with Gasteiger partial charge in [0.05, 0.1) is 4.92 Å². The summed E-state index contributed by atoms with van der Waals surface area (Å²) in [5.74, 6) is -2.99. The molecule has 0 aromatic heterocycles. The van der Waals surface area contributed by atoms with E-state index >= 15 is 0 Å². The van der Waals surface area contributed by atoms with Crippen molar-refractivity contribution in [3.63, 3.8) is 0 Å². The molecule has 0 radical (unpaired) electrons. The van der Waals surface area contributed by atoms with E-state index in [4.69, 9.17) is 0 Å². The summed E-state index contributed by atoms with van der Waals surface area (Å²) in [5, 5.41) is 20.3. The van der Waals surface area contributed by atoms with E-state index in [1.165, 1.54) is 45.0 Å². The Morgan fingerprint density at radius 2 is 1.61 bits per heavy atom. The largest absolute Gasteiger partial charge is 0.343 e. The molecule has 3 atom stereocenters. The Labute approximate surface area is 177 Å². The highest BCUT2D eigenvalue weighted by atomic mass is 16.6. The molecular formula is C19H23N5O7. The first kappa shape index (κ1) is 23.4. The van der Waals surface area contributed by atoms with E-state index in [1.54, 1.807) is 0 Å². The van der Waals surface area contributed by atoms with Crippen LogP contribution >= 0.6 is 0 Å². The van der Waals surface area contributed by atoms with Gasteiger partial charge < -0.3 is 21.3 Å². The van der Waals surface area contributed by atoms with Gasteiger partial charge in [-0.2, -0.15) is 0 Å². The number of piperidine rings is 1. The Hall–Kier alpha value is -3.83. The van der Waals surface area contributed by atoms with Gasteiger partial charge in [0.15, 0.2) is 11.3 Å². The van der Waals surface area contributed by atoms with Crippen LogP contribution in [-0.4, -0.2) is 52.0 Å². The molecule has 0 aliphatic carbocycles. The Morgan fingerprint density at radius 1 is 1.03 bits per heavy atom. The Balaban J connectivity index is 1.91. The zero-order chi connectivity index (χ0) is 23.3. The van der Waals surface area contributed by atoms with Gasteiger partial charge >= 0.3 is 0 Å². The number of nitro groups is 1. The molecular weight excluding hydrogens is 410 g/mol. The second-order valence-electron chi connectivity index (χ2n) is 7.32. The number of rotatable bonds is 7. The zero-order valence-corrected chi connectivity index (χ0v) is 17.2.